The Morgan fingerprint density at radius 1 is 1.14 bits per heavy atom. The van der Waals surface area contributed by atoms with Crippen LogP contribution in [0.15, 0.2) is 24.3 Å². The molecule has 78 valence electrons. The van der Waals surface area contributed by atoms with Crippen LogP contribution >= 0.6 is 0 Å². The second-order valence-electron chi connectivity index (χ2n) is 4.65. The maximum atomic E-state index is 12.6. The lowest BCUT2D eigenvalue weighted by molar-refractivity contribution is 0.167. The van der Waals surface area contributed by atoms with Crippen LogP contribution in [-0.2, 0) is 6.54 Å². The van der Waals surface area contributed by atoms with Crippen molar-refractivity contribution >= 4 is 0 Å². The molecule has 0 amide bonds. The minimum absolute atomic E-state index is 0.147. The zero-order valence-electron chi connectivity index (χ0n) is 9.34. The second-order valence-corrected chi connectivity index (χ2v) is 4.65. The minimum Gasteiger partial charge on any atom is -0.297 e. The van der Waals surface area contributed by atoms with Gasteiger partial charge in [0.15, 0.2) is 0 Å². The molecule has 0 N–H and O–H groups in total. The topological polar surface area (TPSA) is 3.24 Å². The lowest BCUT2D eigenvalue weighted by Gasteiger charge is -2.31. The summed E-state index contributed by atoms with van der Waals surface area (Å²) in [5.41, 5.74) is 1.29. The molecule has 0 saturated heterocycles. The third-order valence-electron chi connectivity index (χ3n) is 2.48. The molecule has 0 unspecified atom stereocenters. The Hall–Kier alpha value is -0.890. The van der Waals surface area contributed by atoms with Crippen molar-refractivity contribution in [3.63, 3.8) is 0 Å². The molecule has 0 atom stereocenters. The van der Waals surface area contributed by atoms with Crippen molar-refractivity contribution in [2.75, 3.05) is 7.05 Å². The number of benzene rings is 1. The van der Waals surface area contributed by atoms with E-state index >= 15 is 0 Å². The monoisotopic (exact) mass is 195 g/mol. The van der Waals surface area contributed by atoms with Gasteiger partial charge in [-0.2, -0.15) is 0 Å². The molecule has 0 aliphatic rings. The molecule has 1 nitrogen and oxygen atoms in total. The van der Waals surface area contributed by atoms with Crippen LogP contribution in [0.3, 0.4) is 0 Å². The fourth-order valence-electron chi connectivity index (χ4n) is 1.10. The summed E-state index contributed by atoms with van der Waals surface area (Å²) in [7, 11) is 2.07. The maximum absolute atomic E-state index is 12.6. The first-order valence-corrected chi connectivity index (χ1v) is 4.85. The van der Waals surface area contributed by atoms with Gasteiger partial charge in [0.1, 0.15) is 5.82 Å². The van der Waals surface area contributed by atoms with Crippen molar-refractivity contribution < 1.29 is 4.39 Å². The third-order valence-corrected chi connectivity index (χ3v) is 2.48. The molecule has 14 heavy (non-hydrogen) atoms. The van der Waals surface area contributed by atoms with Gasteiger partial charge < -0.3 is 0 Å². The van der Waals surface area contributed by atoms with Gasteiger partial charge in [0.05, 0.1) is 0 Å². The molecule has 0 spiro atoms. The normalized spacial score (nSPS) is 12.1. The molecular weight excluding hydrogens is 177 g/mol. The minimum atomic E-state index is -0.174. The van der Waals surface area contributed by atoms with E-state index in [0.717, 1.165) is 12.1 Å². The van der Waals surface area contributed by atoms with Crippen molar-refractivity contribution in [2.45, 2.75) is 32.9 Å². The molecule has 0 aliphatic heterocycles. The van der Waals surface area contributed by atoms with E-state index in [4.69, 9.17) is 0 Å². The standard InChI is InChI=1S/C12H18FN/c1-12(2,3)14(4)9-10-5-7-11(13)8-6-10/h5-8H,9H2,1-4H3. The first-order chi connectivity index (χ1) is 6.39. The average Bonchev–Trinajstić information content (AvgIpc) is 2.07. The quantitative estimate of drug-likeness (QED) is 0.701. The molecule has 0 aliphatic carbocycles. The highest BCUT2D eigenvalue weighted by Crippen LogP contribution is 2.14. The van der Waals surface area contributed by atoms with Gasteiger partial charge in [-0.3, -0.25) is 4.90 Å². The molecule has 1 aromatic carbocycles. The Morgan fingerprint density at radius 3 is 2.07 bits per heavy atom. The summed E-state index contributed by atoms with van der Waals surface area (Å²) in [5, 5.41) is 0. The van der Waals surface area contributed by atoms with E-state index < -0.39 is 0 Å². The Bertz CT molecular complexity index is 284. The van der Waals surface area contributed by atoms with E-state index in [-0.39, 0.29) is 11.4 Å². The summed E-state index contributed by atoms with van der Waals surface area (Å²) in [4.78, 5) is 2.24. The molecule has 1 rings (SSSR count). The molecule has 0 bridgehead atoms. The first-order valence-electron chi connectivity index (χ1n) is 4.85. The highest BCUT2D eigenvalue weighted by molar-refractivity contribution is 5.16. The van der Waals surface area contributed by atoms with Crippen molar-refractivity contribution in [1.82, 2.24) is 4.90 Å². The fraction of sp³-hybridized carbons (Fsp3) is 0.500. The van der Waals surface area contributed by atoms with Gasteiger partial charge in [0.25, 0.3) is 0 Å². The largest absolute Gasteiger partial charge is 0.297 e. The van der Waals surface area contributed by atoms with E-state index in [1.807, 2.05) is 12.1 Å². The summed E-state index contributed by atoms with van der Waals surface area (Å²) >= 11 is 0. The van der Waals surface area contributed by atoms with Gasteiger partial charge in [-0.15, -0.1) is 0 Å². The number of hydrogen-bond donors (Lipinski definition) is 0. The summed E-state index contributed by atoms with van der Waals surface area (Å²) in [6.07, 6.45) is 0. The van der Waals surface area contributed by atoms with Crippen molar-refractivity contribution in [2.24, 2.45) is 0 Å². The van der Waals surface area contributed by atoms with Gasteiger partial charge in [-0.05, 0) is 45.5 Å². The Morgan fingerprint density at radius 2 is 1.64 bits per heavy atom. The first kappa shape index (κ1) is 11.2. The zero-order valence-corrected chi connectivity index (χ0v) is 9.34. The maximum Gasteiger partial charge on any atom is 0.123 e. The highest BCUT2D eigenvalue weighted by atomic mass is 19.1. The van der Waals surface area contributed by atoms with Gasteiger partial charge in [0, 0.05) is 12.1 Å². The lowest BCUT2D eigenvalue weighted by atomic mass is 10.1. The van der Waals surface area contributed by atoms with Gasteiger partial charge in [-0.1, -0.05) is 12.1 Å². The number of rotatable bonds is 2. The molecule has 0 fully saturated rings. The summed E-state index contributed by atoms with van der Waals surface area (Å²) in [6.45, 7) is 7.34. The highest BCUT2D eigenvalue weighted by Gasteiger charge is 2.16. The van der Waals surface area contributed by atoms with Crippen LogP contribution in [0.4, 0.5) is 4.39 Å². The molecule has 0 saturated carbocycles. The summed E-state index contributed by atoms with van der Waals surface area (Å²) in [5.74, 6) is -0.174. The summed E-state index contributed by atoms with van der Waals surface area (Å²) in [6, 6.07) is 6.67. The van der Waals surface area contributed by atoms with Gasteiger partial charge in [0.2, 0.25) is 0 Å². The molecule has 2 heteroatoms. The Balaban J connectivity index is 2.65. The molecule has 1 aromatic rings. The smallest absolute Gasteiger partial charge is 0.123 e. The van der Waals surface area contributed by atoms with E-state index in [0.29, 0.717) is 0 Å². The van der Waals surface area contributed by atoms with Crippen LogP contribution in [0.5, 0.6) is 0 Å². The number of nitrogens with zero attached hydrogens (tertiary/aromatic N) is 1. The lowest BCUT2D eigenvalue weighted by Crippen LogP contribution is -2.37. The Labute approximate surface area is 85.5 Å². The van der Waals surface area contributed by atoms with Crippen LogP contribution < -0.4 is 0 Å². The predicted octanol–water partition coefficient (Wildman–Crippen LogP) is 3.06. The Kier molecular flexibility index (Phi) is 3.27. The number of halogens is 1. The predicted molar refractivity (Wildman–Crippen MR) is 57.6 cm³/mol. The van der Waals surface area contributed by atoms with Crippen LogP contribution in [0.1, 0.15) is 26.3 Å². The van der Waals surface area contributed by atoms with Gasteiger partial charge in [-0.25, -0.2) is 4.39 Å². The van der Waals surface area contributed by atoms with Crippen molar-refractivity contribution in [3.05, 3.63) is 35.6 Å². The second kappa shape index (κ2) is 4.09. The van der Waals surface area contributed by atoms with Crippen LogP contribution in [0.25, 0.3) is 0 Å². The number of hydrogen-bond acceptors (Lipinski definition) is 1. The van der Waals surface area contributed by atoms with E-state index in [9.17, 15) is 4.39 Å². The molecular formula is C12H18FN. The van der Waals surface area contributed by atoms with Crippen LogP contribution in [-0.4, -0.2) is 17.5 Å². The van der Waals surface area contributed by atoms with E-state index in [1.165, 1.54) is 12.1 Å². The zero-order chi connectivity index (χ0) is 10.8. The summed E-state index contributed by atoms with van der Waals surface area (Å²) < 4.78 is 12.6. The third kappa shape index (κ3) is 3.11. The SMILES string of the molecule is CN(Cc1ccc(F)cc1)C(C)(C)C. The van der Waals surface area contributed by atoms with E-state index in [1.54, 1.807) is 0 Å². The van der Waals surface area contributed by atoms with Crippen molar-refractivity contribution in [3.8, 4) is 0 Å². The molecule has 0 heterocycles. The van der Waals surface area contributed by atoms with Gasteiger partial charge >= 0.3 is 0 Å². The average molecular weight is 195 g/mol. The fourth-order valence-corrected chi connectivity index (χ4v) is 1.10. The van der Waals surface area contributed by atoms with E-state index in [2.05, 4.69) is 32.7 Å². The van der Waals surface area contributed by atoms with Crippen LogP contribution in [0.2, 0.25) is 0 Å². The van der Waals surface area contributed by atoms with Crippen LogP contribution in [0, 0.1) is 5.82 Å². The van der Waals surface area contributed by atoms with Crippen molar-refractivity contribution in [1.29, 1.82) is 0 Å². The molecule has 0 radical (unpaired) electrons. The molecule has 0 aromatic heterocycles.